The number of amides is 1. The van der Waals surface area contributed by atoms with E-state index < -0.39 is 10.0 Å². The molecular formula is C17H23Cl2N3O4S. The van der Waals surface area contributed by atoms with Crippen LogP contribution in [0.1, 0.15) is 17.3 Å². The Balaban J connectivity index is 1.89. The van der Waals surface area contributed by atoms with E-state index in [9.17, 15) is 13.2 Å². The van der Waals surface area contributed by atoms with Crippen molar-refractivity contribution in [3.63, 3.8) is 0 Å². The minimum atomic E-state index is -3.83. The van der Waals surface area contributed by atoms with E-state index >= 15 is 0 Å². The first-order valence-corrected chi connectivity index (χ1v) is 11.1. The molecule has 0 saturated carbocycles. The summed E-state index contributed by atoms with van der Waals surface area (Å²) in [5.41, 5.74) is 0.165. The number of piperazine rings is 1. The van der Waals surface area contributed by atoms with Crippen molar-refractivity contribution in [2.75, 3.05) is 59.0 Å². The molecule has 1 aromatic carbocycles. The summed E-state index contributed by atoms with van der Waals surface area (Å²) in [5.74, 6) is -0.272. The minimum absolute atomic E-state index is 0.0128. The molecule has 1 aromatic rings. The van der Waals surface area contributed by atoms with Crippen molar-refractivity contribution in [3.05, 3.63) is 27.7 Å². The van der Waals surface area contributed by atoms with Gasteiger partial charge in [-0.15, -0.1) is 0 Å². The van der Waals surface area contributed by atoms with Gasteiger partial charge in [-0.2, -0.15) is 4.31 Å². The normalized spacial score (nSPS) is 20.0. The number of nitrogens with zero attached hydrogens (tertiary/aromatic N) is 3. The average molecular weight is 436 g/mol. The van der Waals surface area contributed by atoms with Gasteiger partial charge in [-0.05, 0) is 18.7 Å². The average Bonchev–Trinajstić information content (AvgIpc) is 2.68. The van der Waals surface area contributed by atoms with E-state index in [4.69, 9.17) is 27.9 Å². The van der Waals surface area contributed by atoms with Crippen LogP contribution in [-0.4, -0.2) is 87.5 Å². The van der Waals surface area contributed by atoms with Crippen LogP contribution in [0.3, 0.4) is 0 Å². The van der Waals surface area contributed by atoms with Gasteiger partial charge >= 0.3 is 0 Å². The van der Waals surface area contributed by atoms with Crippen LogP contribution in [-0.2, 0) is 14.8 Å². The van der Waals surface area contributed by atoms with Gasteiger partial charge in [-0.1, -0.05) is 30.1 Å². The predicted octanol–water partition coefficient (Wildman–Crippen LogP) is 1.79. The van der Waals surface area contributed by atoms with Crippen LogP contribution in [0.5, 0.6) is 0 Å². The molecule has 0 N–H and O–H groups in total. The summed E-state index contributed by atoms with van der Waals surface area (Å²) in [4.78, 5) is 16.8. The van der Waals surface area contributed by atoms with E-state index in [2.05, 4.69) is 11.8 Å². The standard InChI is InChI=1S/C17H23Cl2N3O4S/c1-2-20-3-5-21(6-4-20)17(23)13-11-16(15(19)12-14(13)18)27(24,25)22-7-9-26-10-8-22/h11-12H,2-10H2,1H3. The minimum Gasteiger partial charge on any atom is -0.379 e. The molecular weight excluding hydrogens is 413 g/mol. The Bertz CT molecular complexity index is 805. The molecule has 0 aromatic heterocycles. The van der Waals surface area contributed by atoms with Gasteiger partial charge in [-0.3, -0.25) is 4.79 Å². The number of rotatable bonds is 4. The maximum Gasteiger partial charge on any atom is 0.255 e. The second kappa shape index (κ2) is 8.63. The summed E-state index contributed by atoms with van der Waals surface area (Å²) >= 11 is 12.4. The van der Waals surface area contributed by atoms with Crippen molar-refractivity contribution in [2.24, 2.45) is 0 Å². The predicted molar refractivity (Wildman–Crippen MR) is 104 cm³/mol. The fraction of sp³-hybridized carbons (Fsp3) is 0.588. The molecule has 2 fully saturated rings. The van der Waals surface area contributed by atoms with Gasteiger partial charge < -0.3 is 14.5 Å². The van der Waals surface area contributed by atoms with Crippen LogP contribution in [0, 0.1) is 0 Å². The Kier molecular flexibility index (Phi) is 6.66. The number of morpholine rings is 1. The van der Waals surface area contributed by atoms with Gasteiger partial charge in [0, 0.05) is 39.3 Å². The molecule has 0 aliphatic carbocycles. The molecule has 2 aliphatic rings. The van der Waals surface area contributed by atoms with E-state index in [1.165, 1.54) is 16.4 Å². The monoisotopic (exact) mass is 435 g/mol. The van der Waals surface area contributed by atoms with E-state index in [0.29, 0.717) is 26.3 Å². The second-order valence-electron chi connectivity index (χ2n) is 6.51. The Morgan fingerprint density at radius 3 is 2.26 bits per heavy atom. The number of sulfonamides is 1. The Morgan fingerprint density at radius 2 is 1.67 bits per heavy atom. The second-order valence-corrected chi connectivity index (χ2v) is 9.23. The zero-order valence-corrected chi connectivity index (χ0v) is 17.5. The maximum absolute atomic E-state index is 13.0. The van der Waals surface area contributed by atoms with Gasteiger partial charge in [0.25, 0.3) is 5.91 Å². The summed E-state index contributed by atoms with van der Waals surface area (Å²) in [6.45, 7) is 6.91. The van der Waals surface area contributed by atoms with Crippen LogP contribution < -0.4 is 0 Å². The third-order valence-electron chi connectivity index (χ3n) is 4.95. The Morgan fingerprint density at radius 1 is 1.04 bits per heavy atom. The van der Waals surface area contributed by atoms with Crippen molar-refractivity contribution in [1.29, 1.82) is 0 Å². The molecule has 0 spiro atoms. The van der Waals surface area contributed by atoms with E-state index in [-0.39, 0.29) is 39.5 Å². The van der Waals surface area contributed by atoms with Gasteiger partial charge in [0.05, 0.1) is 28.8 Å². The third-order valence-corrected chi connectivity index (χ3v) is 7.62. The van der Waals surface area contributed by atoms with Crippen molar-refractivity contribution in [1.82, 2.24) is 14.1 Å². The Hall–Kier alpha value is -0.900. The molecule has 1 amide bonds. The molecule has 3 rings (SSSR count). The number of ether oxygens (including phenoxy) is 1. The number of likely N-dealkylation sites (N-methyl/N-ethyl adjacent to an activating group) is 1. The lowest BCUT2D eigenvalue weighted by molar-refractivity contribution is 0.0643. The van der Waals surface area contributed by atoms with E-state index in [0.717, 1.165) is 19.6 Å². The van der Waals surface area contributed by atoms with Crippen molar-refractivity contribution in [2.45, 2.75) is 11.8 Å². The molecule has 2 heterocycles. The van der Waals surface area contributed by atoms with Crippen LogP contribution in [0.2, 0.25) is 10.0 Å². The van der Waals surface area contributed by atoms with Gasteiger partial charge in [0.15, 0.2) is 0 Å². The smallest absolute Gasteiger partial charge is 0.255 e. The molecule has 0 atom stereocenters. The molecule has 2 aliphatic heterocycles. The summed E-state index contributed by atoms with van der Waals surface area (Å²) in [6.07, 6.45) is 0. The Labute approximate surface area is 169 Å². The number of halogens is 2. The highest BCUT2D eigenvalue weighted by molar-refractivity contribution is 7.89. The quantitative estimate of drug-likeness (QED) is 0.720. The van der Waals surface area contributed by atoms with Crippen LogP contribution >= 0.6 is 23.2 Å². The first-order valence-electron chi connectivity index (χ1n) is 8.93. The van der Waals surface area contributed by atoms with Crippen LogP contribution in [0.15, 0.2) is 17.0 Å². The highest BCUT2D eigenvalue weighted by atomic mass is 35.5. The summed E-state index contributed by atoms with van der Waals surface area (Å²) in [7, 11) is -3.83. The highest BCUT2D eigenvalue weighted by Gasteiger charge is 2.31. The SMILES string of the molecule is CCN1CCN(C(=O)c2cc(S(=O)(=O)N3CCOCC3)c(Cl)cc2Cl)CC1. The molecule has 0 radical (unpaired) electrons. The lowest BCUT2D eigenvalue weighted by Crippen LogP contribution is -2.48. The van der Waals surface area contributed by atoms with E-state index in [1.807, 2.05) is 0 Å². The van der Waals surface area contributed by atoms with Gasteiger partial charge in [-0.25, -0.2) is 8.42 Å². The van der Waals surface area contributed by atoms with E-state index in [1.54, 1.807) is 4.90 Å². The summed E-state index contributed by atoms with van der Waals surface area (Å²) < 4.78 is 32.5. The topological polar surface area (TPSA) is 70.2 Å². The number of carbonyl (C=O) groups is 1. The zero-order chi connectivity index (χ0) is 19.6. The van der Waals surface area contributed by atoms with Crippen molar-refractivity contribution in [3.8, 4) is 0 Å². The number of hydrogen-bond acceptors (Lipinski definition) is 5. The molecule has 7 nitrogen and oxygen atoms in total. The van der Waals surface area contributed by atoms with Crippen molar-refractivity contribution >= 4 is 39.1 Å². The van der Waals surface area contributed by atoms with Gasteiger partial charge in [0.1, 0.15) is 4.90 Å². The first-order chi connectivity index (χ1) is 12.8. The molecule has 150 valence electrons. The van der Waals surface area contributed by atoms with Gasteiger partial charge in [0.2, 0.25) is 10.0 Å². The maximum atomic E-state index is 13.0. The molecule has 0 unspecified atom stereocenters. The third kappa shape index (κ3) is 4.41. The highest BCUT2D eigenvalue weighted by Crippen LogP contribution is 2.31. The first kappa shape index (κ1) is 20.8. The summed E-state index contributed by atoms with van der Waals surface area (Å²) in [6, 6.07) is 2.65. The number of benzene rings is 1. The molecule has 10 heteroatoms. The molecule has 2 saturated heterocycles. The fourth-order valence-corrected chi connectivity index (χ4v) is 5.49. The number of hydrogen-bond donors (Lipinski definition) is 0. The largest absolute Gasteiger partial charge is 0.379 e. The fourth-order valence-electron chi connectivity index (χ4n) is 3.25. The van der Waals surface area contributed by atoms with Crippen molar-refractivity contribution < 1.29 is 17.9 Å². The zero-order valence-electron chi connectivity index (χ0n) is 15.2. The number of carbonyl (C=O) groups excluding carboxylic acids is 1. The molecule has 27 heavy (non-hydrogen) atoms. The molecule has 0 bridgehead atoms. The van der Waals surface area contributed by atoms with Crippen LogP contribution in [0.25, 0.3) is 0 Å². The van der Waals surface area contributed by atoms with Crippen LogP contribution in [0.4, 0.5) is 0 Å². The lowest BCUT2D eigenvalue weighted by Gasteiger charge is -2.34. The lowest BCUT2D eigenvalue weighted by atomic mass is 10.1. The summed E-state index contributed by atoms with van der Waals surface area (Å²) in [5, 5.41) is 0.169.